The van der Waals surface area contributed by atoms with E-state index in [-0.39, 0.29) is 12.3 Å². The normalized spacial score (nSPS) is 28.7. The highest BCUT2D eigenvalue weighted by Crippen LogP contribution is 2.19. The van der Waals surface area contributed by atoms with Crippen molar-refractivity contribution in [2.45, 2.75) is 18.9 Å². The van der Waals surface area contributed by atoms with Crippen molar-refractivity contribution in [3.63, 3.8) is 0 Å². The molecule has 1 aliphatic heterocycles. The van der Waals surface area contributed by atoms with Crippen molar-refractivity contribution >= 4 is 11.9 Å². The minimum atomic E-state index is -0.959. The summed E-state index contributed by atoms with van der Waals surface area (Å²) >= 11 is 0. The lowest BCUT2D eigenvalue weighted by Crippen LogP contribution is -2.36. The van der Waals surface area contributed by atoms with E-state index in [2.05, 4.69) is 5.32 Å². The lowest BCUT2D eigenvalue weighted by atomic mass is 9.97. The number of nitrogens with one attached hydrogen (secondary N) is 1. The van der Waals surface area contributed by atoms with Crippen LogP contribution in [-0.2, 0) is 9.59 Å². The third-order valence-electron chi connectivity index (χ3n) is 2.05. The molecule has 0 aromatic rings. The zero-order valence-corrected chi connectivity index (χ0v) is 6.49. The molecule has 1 heterocycles. The molecule has 12 heavy (non-hydrogen) atoms. The van der Waals surface area contributed by atoms with Crippen LogP contribution in [0.3, 0.4) is 0 Å². The number of rotatable bonds is 3. The summed E-state index contributed by atoms with van der Waals surface area (Å²) < 4.78 is 0. The molecule has 0 aliphatic carbocycles. The lowest BCUT2D eigenvalue weighted by molar-refractivity contribution is -0.141. The largest absolute Gasteiger partial charge is 0.481 e. The standard InChI is InChI=1S/C7H11NO4/c9-5(10)3-4-1-2-8-6(4)7(11)12/h4,6,8H,1-3H2,(H,9,10)(H,11,12)/t4-,6?/m1/s1. The molecule has 68 valence electrons. The van der Waals surface area contributed by atoms with E-state index in [1.54, 1.807) is 0 Å². The first-order chi connectivity index (χ1) is 5.61. The maximum absolute atomic E-state index is 10.5. The van der Waals surface area contributed by atoms with Crippen molar-refractivity contribution in [2.24, 2.45) is 5.92 Å². The zero-order valence-electron chi connectivity index (χ0n) is 6.49. The SMILES string of the molecule is O=C(O)C[C@H]1CCNC1C(=O)O. The van der Waals surface area contributed by atoms with Crippen LogP contribution in [0.5, 0.6) is 0 Å². The summed E-state index contributed by atoms with van der Waals surface area (Å²) in [4.78, 5) is 20.8. The zero-order chi connectivity index (χ0) is 9.14. The van der Waals surface area contributed by atoms with Gasteiger partial charge in [-0.25, -0.2) is 0 Å². The third-order valence-corrected chi connectivity index (χ3v) is 2.05. The second kappa shape index (κ2) is 3.53. The van der Waals surface area contributed by atoms with Gasteiger partial charge in [0.05, 0.1) is 6.42 Å². The monoisotopic (exact) mass is 173 g/mol. The molecule has 5 nitrogen and oxygen atoms in total. The van der Waals surface area contributed by atoms with Crippen LogP contribution in [0.15, 0.2) is 0 Å². The molecule has 0 saturated carbocycles. The highest BCUT2D eigenvalue weighted by molar-refractivity contribution is 5.76. The highest BCUT2D eigenvalue weighted by atomic mass is 16.4. The highest BCUT2D eigenvalue weighted by Gasteiger charge is 2.33. The summed E-state index contributed by atoms with van der Waals surface area (Å²) in [5, 5.41) is 19.8. The Hall–Kier alpha value is -1.10. The molecule has 0 amide bonds. The Kier molecular flexibility index (Phi) is 2.65. The van der Waals surface area contributed by atoms with E-state index in [1.165, 1.54) is 0 Å². The van der Waals surface area contributed by atoms with E-state index in [9.17, 15) is 9.59 Å². The maximum Gasteiger partial charge on any atom is 0.320 e. The molecule has 0 radical (unpaired) electrons. The number of carboxylic acids is 2. The summed E-state index contributed by atoms with van der Waals surface area (Å²) in [6.45, 7) is 0.592. The molecule has 1 aliphatic rings. The molecule has 2 atom stereocenters. The molecular formula is C7H11NO4. The molecule has 0 bridgehead atoms. The molecule has 0 aromatic carbocycles. The Labute approximate surface area is 69.4 Å². The van der Waals surface area contributed by atoms with Gasteiger partial charge in [0.15, 0.2) is 0 Å². The van der Waals surface area contributed by atoms with Crippen molar-refractivity contribution < 1.29 is 19.8 Å². The van der Waals surface area contributed by atoms with Gasteiger partial charge in [-0.2, -0.15) is 0 Å². The first-order valence-corrected chi connectivity index (χ1v) is 3.79. The van der Waals surface area contributed by atoms with Crippen LogP contribution in [0, 0.1) is 5.92 Å². The van der Waals surface area contributed by atoms with Gasteiger partial charge in [0.2, 0.25) is 0 Å². The smallest absolute Gasteiger partial charge is 0.320 e. The Bertz CT molecular complexity index is 204. The second-order valence-corrected chi connectivity index (χ2v) is 2.92. The van der Waals surface area contributed by atoms with Crippen LogP contribution >= 0.6 is 0 Å². The lowest BCUT2D eigenvalue weighted by Gasteiger charge is -2.12. The Morgan fingerprint density at radius 2 is 2.08 bits per heavy atom. The number of carboxylic acid groups (broad SMARTS) is 2. The van der Waals surface area contributed by atoms with Gasteiger partial charge in [0, 0.05) is 0 Å². The quantitative estimate of drug-likeness (QED) is 0.536. The number of aliphatic carboxylic acids is 2. The van der Waals surface area contributed by atoms with Crippen LogP contribution in [0.1, 0.15) is 12.8 Å². The van der Waals surface area contributed by atoms with Crippen LogP contribution in [0.2, 0.25) is 0 Å². The topological polar surface area (TPSA) is 86.6 Å². The van der Waals surface area contributed by atoms with Crippen molar-refractivity contribution in [2.75, 3.05) is 6.54 Å². The number of hydrogen-bond acceptors (Lipinski definition) is 3. The molecule has 1 saturated heterocycles. The summed E-state index contributed by atoms with van der Waals surface area (Å²) in [5.74, 6) is -2.16. The molecule has 0 spiro atoms. The summed E-state index contributed by atoms with van der Waals surface area (Å²) in [5.41, 5.74) is 0. The first-order valence-electron chi connectivity index (χ1n) is 3.79. The van der Waals surface area contributed by atoms with Crippen molar-refractivity contribution in [3.8, 4) is 0 Å². The van der Waals surface area contributed by atoms with E-state index >= 15 is 0 Å². The van der Waals surface area contributed by atoms with Gasteiger partial charge >= 0.3 is 11.9 Å². The van der Waals surface area contributed by atoms with Gasteiger partial charge in [-0.3, -0.25) is 9.59 Å². The fraction of sp³-hybridized carbons (Fsp3) is 0.714. The summed E-state index contributed by atoms with van der Waals surface area (Å²) in [6, 6.07) is -0.680. The summed E-state index contributed by atoms with van der Waals surface area (Å²) in [7, 11) is 0. The van der Waals surface area contributed by atoms with Gasteiger partial charge in [-0.15, -0.1) is 0 Å². The fourth-order valence-corrected chi connectivity index (χ4v) is 1.49. The van der Waals surface area contributed by atoms with Crippen molar-refractivity contribution in [1.29, 1.82) is 0 Å². The van der Waals surface area contributed by atoms with E-state index in [0.717, 1.165) is 0 Å². The first kappa shape index (κ1) is 8.99. The van der Waals surface area contributed by atoms with E-state index in [0.29, 0.717) is 13.0 Å². The van der Waals surface area contributed by atoms with Crippen LogP contribution in [0.4, 0.5) is 0 Å². The second-order valence-electron chi connectivity index (χ2n) is 2.92. The van der Waals surface area contributed by atoms with Crippen LogP contribution in [-0.4, -0.2) is 34.7 Å². The molecular weight excluding hydrogens is 162 g/mol. The molecule has 1 fully saturated rings. The minimum absolute atomic E-state index is 0.0655. The number of hydrogen-bond donors (Lipinski definition) is 3. The predicted molar refractivity (Wildman–Crippen MR) is 39.8 cm³/mol. The number of carbonyl (C=O) groups is 2. The van der Waals surface area contributed by atoms with Gasteiger partial charge in [0.1, 0.15) is 6.04 Å². The van der Waals surface area contributed by atoms with Gasteiger partial charge in [-0.1, -0.05) is 0 Å². The Morgan fingerprint density at radius 1 is 1.42 bits per heavy atom. The predicted octanol–water partition coefficient (Wildman–Crippen LogP) is -0.476. The van der Waals surface area contributed by atoms with Crippen molar-refractivity contribution in [3.05, 3.63) is 0 Å². The van der Waals surface area contributed by atoms with Gasteiger partial charge in [0.25, 0.3) is 0 Å². The molecule has 3 N–H and O–H groups in total. The minimum Gasteiger partial charge on any atom is -0.481 e. The summed E-state index contributed by atoms with van der Waals surface area (Å²) in [6.07, 6.45) is 0.563. The maximum atomic E-state index is 10.5. The average Bonchev–Trinajstić information content (AvgIpc) is 2.33. The van der Waals surface area contributed by atoms with E-state index < -0.39 is 18.0 Å². The molecule has 5 heteroatoms. The van der Waals surface area contributed by atoms with Crippen LogP contribution < -0.4 is 5.32 Å². The van der Waals surface area contributed by atoms with Crippen molar-refractivity contribution in [1.82, 2.24) is 5.32 Å². The fourth-order valence-electron chi connectivity index (χ4n) is 1.49. The Balaban J connectivity index is 2.52. The molecule has 1 rings (SSSR count). The molecule has 1 unspecified atom stereocenters. The van der Waals surface area contributed by atoms with E-state index in [1.807, 2.05) is 0 Å². The van der Waals surface area contributed by atoms with Gasteiger partial charge < -0.3 is 15.5 Å². The van der Waals surface area contributed by atoms with E-state index in [4.69, 9.17) is 10.2 Å². The van der Waals surface area contributed by atoms with Gasteiger partial charge in [-0.05, 0) is 18.9 Å². The average molecular weight is 173 g/mol. The Morgan fingerprint density at radius 3 is 2.58 bits per heavy atom. The third kappa shape index (κ3) is 1.94. The van der Waals surface area contributed by atoms with Crippen LogP contribution in [0.25, 0.3) is 0 Å². The molecule has 0 aromatic heterocycles.